The summed E-state index contributed by atoms with van der Waals surface area (Å²) < 4.78 is 26.4. The van der Waals surface area contributed by atoms with Crippen LogP contribution < -0.4 is 10.3 Å². The van der Waals surface area contributed by atoms with Crippen LogP contribution in [0.1, 0.15) is 27.2 Å². The molecule has 0 spiro atoms. The highest BCUT2D eigenvalue weighted by Crippen LogP contribution is 2.17. The number of rotatable bonds is 6. The highest BCUT2D eigenvalue weighted by Gasteiger charge is 2.25. The quantitative estimate of drug-likeness (QED) is 0.730. The summed E-state index contributed by atoms with van der Waals surface area (Å²) in [6, 6.07) is 1.07. The minimum absolute atomic E-state index is 0.121. The van der Waals surface area contributed by atoms with Crippen molar-refractivity contribution in [1.29, 1.82) is 0 Å². The van der Waals surface area contributed by atoms with Crippen molar-refractivity contribution in [3.63, 3.8) is 0 Å². The normalized spacial score (nSPS) is 15.3. The molecule has 0 saturated heterocycles. The van der Waals surface area contributed by atoms with Crippen LogP contribution in [0.4, 0.5) is 0 Å². The first-order valence-electron chi connectivity index (χ1n) is 6.14. The predicted octanol–water partition coefficient (Wildman–Crippen LogP) is 1.10. The van der Waals surface area contributed by atoms with Gasteiger partial charge in [0.1, 0.15) is 5.02 Å². The summed E-state index contributed by atoms with van der Waals surface area (Å²) in [4.78, 5) is 13.2. The van der Waals surface area contributed by atoms with E-state index in [0.717, 1.165) is 12.3 Å². The third kappa shape index (κ3) is 4.90. The Labute approximate surface area is 123 Å². The van der Waals surface area contributed by atoms with Crippen LogP contribution in [0.3, 0.4) is 0 Å². The number of aromatic amines is 1. The van der Waals surface area contributed by atoms with Crippen LogP contribution in [0.2, 0.25) is 5.02 Å². The zero-order valence-corrected chi connectivity index (χ0v) is 13.2. The molecule has 0 aromatic carbocycles. The molecule has 1 rings (SSSR count). The SMILES string of the molecule is CC(C)CC(C)(O)CNS(=O)(=O)c1c[nH]c(=O)c(Cl)c1. The van der Waals surface area contributed by atoms with Gasteiger partial charge < -0.3 is 10.1 Å². The molecule has 114 valence electrons. The van der Waals surface area contributed by atoms with E-state index in [1.165, 1.54) is 0 Å². The number of pyridine rings is 1. The number of H-pyrrole nitrogens is 1. The minimum atomic E-state index is -3.83. The molecule has 0 aliphatic rings. The molecule has 0 radical (unpaired) electrons. The second kappa shape index (κ2) is 6.26. The summed E-state index contributed by atoms with van der Waals surface area (Å²) in [5.41, 5.74) is -1.70. The fraction of sp³-hybridized carbons (Fsp3) is 0.583. The van der Waals surface area contributed by atoms with E-state index in [-0.39, 0.29) is 22.4 Å². The maximum absolute atomic E-state index is 12.0. The van der Waals surface area contributed by atoms with E-state index in [4.69, 9.17) is 11.6 Å². The van der Waals surface area contributed by atoms with Crippen molar-refractivity contribution in [1.82, 2.24) is 9.71 Å². The van der Waals surface area contributed by atoms with Crippen molar-refractivity contribution in [3.05, 3.63) is 27.6 Å². The molecule has 1 heterocycles. The molecule has 0 aliphatic carbocycles. The molecule has 0 bridgehead atoms. The molecule has 1 atom stereocenters. The van der Waals surface area contributed by atoms with E-state index in [1.807, 2.05) is 13.8 Å². The van der Waals surface area contributed by atoms with Crippen LogP contribution in [0.25, 0.3) is 0 Å². The third-order valence-corrected chi connectivity index (χ3v) is 4.29. The molecule has 1 unspecified atom stereocenters. The molecule has 1 aromatic heterocycles. The van der Waals surface area contributed by atoms with Gasteiger partial charge in [0.25, 0.3) is 5.56 Å². The van der Waals surface area contributed by atoms with Gasteiger partial charge in [-0.1, -0.05) is 25.4 Å². The molecule has 6 nitrogen and oxygen atoms in total. The number of halogens is 1. The van der Waals surface area contributed by atoms with Gasteiger partial charge in [-0.3, -0.25) is 4.79 Å². The summed E-state index contributed by atoms with van der Waals surface area (Å²) in [7, 11) is -3.83. The lowest BCUT2D eigenvalue weighted by molar-refractivity contribution is 0.0437. The van der Waals surface area contributed by atoms with Crippen molar-refractivity contribution in [2.24, 2.45) is 5.92 Å². The first-order chi connectivity index (χ1) is 9.03. The Morgan fingerprint density at radius 3 is 2.60 bits per heavy atom. The van der Waals surface area contributed by atoms with Crippen molar-refractivity contribution in [2.45, 2.75) is 37.7 Å². The van der Waals surface area contributed by atoms with Crippen LogP contribution in [0.15, 0.2) is 22.0 Å². The van der Waals surface area contributed by atoms with Gasteiger partial charge in [0.15, 0.2) is 0 Å². The average Bonchev–Trinajstić information content (AvgIpc) is 2.29. The molecule has 0 fully saturated rings. The monoisotopic (exact) mass is 322 g/mol. The molecule has 0 saturated carbocycles. The summed E-state index contributed by atoms with van der Waals surface area (Å²) in [5.74, 6) is 0.233. The molecule has 3 N–H and O–H groups in total. The van der Waals surface area contributed by atoms with Gasteiger partial charge in [-0.15, -0.1) is 0 Å². The second-order valence-corrected chi connectivity index (χ2v) is 7.61. The lowest BCUT2D eigenvalue weighted by Gasteiger charge is -2.25. The van der Waals surface area contributed by atoms with E-state index < -0.39 is 21.2 Å². The van der Waals surface area contributed by atoms with E-state index in [1.54, 1.807) is 6.92 Å². The molecule has 0 amide bonds. The van der Waals surface area contributed by atoms with Gasteiger partial charge in [-0.25, -0.2) is 13.1 Å². The highest BCUT2D eigenvalue weighted by atomic mass is 35.5. The van der Waals surface area contributed by atoms with Crippen molar-refractivity contribution in [2.75, 3.05) is 6.54 Å². The molecular formula is C12H19ClN2O4S. The lowest BCUT2D eigenvalue weighted by Crippen LogP contribution is -2.41. The molecule has 0 aliphatic heterocycles. The van der Waals surface area contributed by atoms with Crippen molar-refractivity contribution in [3.8, 4) is 0 Å². The largest absolute Gasteiger partial charge is 0.389 e. The number of hydrogen-bond donors (Lipinski definition) is 3. The Morgan fingerprint density at radius 1 is 1.50 bits per heavy atom. The third-order valence-electron chi connectivity index (χ3n) is 2.63. The van der Waals surface area contributed by atoms with Gasteiger partial charge in [0.2, 0.25) is 10.0 Å². The number of sulfonamides is 1. The fourth-order valence-electron chi connectivity index (χ4n) is 1.88. The molecule has 20 heavy (non-hydrogen) atoms. The van der Waals surface area contributed by atoms with Gasteiger partial charge in [0, 0.05) is 12.7 Å². The van der Waals surface area contributed by atoms with E-state index >= 15 is 0 Å². The molecule has 1 aromatic rings. The Morgan fingerprint density at radius 2 is 2.10 bits per heavy atom. The topological polar surface area (TPSA) is 99.3 Å². The van der Waals surface area contributed by atoms with Crippen molar-refractivity contribution < 1.29 is 13.5 Å². The highest BCUT2D eigenvalue weighted by molar-refractivity contribution is 7.89. The number of aliphatic hydroxyl groups is 1. The number of aromatic nitrogens is 1. The lowest BCUT2D eigenvalue weighted by atomic mass is 9.95. The predicted molar refractivity (Wildman–Crippen MR) is 77.3 cm³/mol. The maximum Gasteiger partial charge on any atom is 0.266 e. The number of hydrogen-bond acceptors (Lipinski definition) is 4. The second-order valence-electron chi connectivity index (χ2n) is 5.43. The van der Waals surface area contributed by atoms with Gasteiger partial charge in [0.05, 0.1) is 10.5 Å². The van der Waals surface area contributed by atoms with Gasteiger partial charge >= 0.3 is 0 Å². The summed E-state index contributed by atoms with van der Waals surface area (Å²) >= 11 is 5.59. The average molecular weight is 323 g/mol. The Hall–Kier alpha value is -0.890. The summed E-state index contributed by atoms with van der Waals surface area (Å²) in [6.45, 7) is 5.31. The first-order valence-corrected chi connectivity index (χ1v) is 8.00. The van der Waals surface area contributed by atoms with Crippen LogP contribution in [0.5, 0.6) is 0 Å². The fourth-order valence-corrected chi connectivity index (χ4v) is 3.27. The van der Waals surface area contributed by atoms with Gasteiger partial charge in [-0.05, 0) is 25.3 Å². The maximum atomic E-state index is 12.0. The van der Waals surface area contributed by atoms with E-state index in [9.17, 15) is 18.3 Å². The molecule has 8 heteroatoms. The van der Waals surface area contributed by atoms with Crippen LogP contribution in [0, 0.1) is 5.92 Å². The van der Waals surface area contributed by atoms with Crippen LogP contribution in [-0.2, 0) is 10.0 Å². The zero-order chi connectivity index (χ0) is 15.6. The summed E-state index contributed by atoms with van der Waals surface area (Å²) in [6.07, 6.45) is 1.52. The Balaban J connectivity index is 2.85. The number of nitrogens with one attached hydrogen (secondary N) is 2. The zero-order valence-electron chi connectivity index (χ0n) is 11.6. The first kappa shape index (κ1) is 17.2. The van der Waals surface area contributed by atoms with Gasteiger partial charge in [-0.2, -0.15) is 0 Å². The van der Waals surface area contributed by atoms with E-state index in [2.05, 4.69) is 9.71 Å². The molecular weight excluding hydrogens is 304 g/mol. The van der Waals surface area contributed by atoms with Crippen LogP contribution >= 0.6 is 11.6 Å². The van der Waals surface area contributed by atoms with Crippen molar-refractivity contribution >= 4 is 21.6 Å². The Kier molecular flexibility index (Phi) is 5.37. The van der Waals surface area contributed by atoms with E-state index in [0.29, 0.717) is 6.42 Å². The van der Waals surface area contributed by atoms with Crippen LogP contribution in [-0.4, -0.2) is 30.7 Å². The Bertz CT molecular complexity index is 623. The smallest absolute Gasteiger partial charge is 0.266 e. The standard InChI is InChI=1S/C12H19ClN2O4S/c1-8(2)5-12(3,17)7-15-20(18,19)9-4-10(13)11(16)14-6-9/h4,6,8,15,17H,5,7H2,1-3H3,(H,14,16). The minimum Gasteiger partial charge on any atom is -0.389 e. The summed E-state index contributed by atoms with van der Waals surface area (Å²) in [5, 5.41) is 9.88.